The van der Waals surface area contributed by atoms with Crippen LogP contribution in [0.5, 0.6) is 0 Å². The third-order valence-electron chi connectivity index (χ3n) is 2.65. The highest BCUT2D eigenvalue weighted by Crippen LogP contribution is 2.19. The van der Waals surface area contributed by atoms with E-state index in [1.165, 1.54) is 0 Å². The van der Waals surface area contributed by atoms with Crippen LogP contribution in [0.2, 0.25) is 5.02 Å². The van der Waals surface area contributed by atoms with Crippen molar-refractivity contribution in [3.63, 3.8) is 0 Å². The number of nitrogens with zero attached hydrogens (tertiary/aromatic N) is 2. The van der Waals surface area contributed by atoms with Gasteiger partial charge in [0.1, 0.15) is 11.6 Å². The zero-order valence-electron chi connectivity index (χ0n) is 10.6. The molecule has 0 aliphatic heterocycles. The van der Waals surface area contributed by atoms with Gasteiger partial charge in [-0.25, -0.2) is 4.68 Å². The minimum Gasteiger partial charge on any atom is -0.382 e. The van der Waals surface area contributed by atoms with E-state index in [1.807, 2.05) is 13.8 Å². The summed E-state index contributed by atoms with van der Waals surface area (Å²) in [4.78, 5) is 11.6. The normalized spacial score (nSPS) is 13.4. The molecule has 4 nitrogen and oxygen atoms in total. The largest absolute Gasteiger partial charge is 0.408 e. The van der Waals surface area contributed by atoms with Crippen LogP contribution in [-0.2, 0) is 6.54 Å². The van der Waals surface area contributed by atoms with E-state index in [2.05, 4.69) is 10.4 Å². The molecular weight excluding hydrogens is 283 g/mol. The first-order valence-corrected chi connectivity index (χ1v) is 6.18. The van der Waals surface area contributed by atoms with E-state index < -0.39 is 18.3 Å². The molecule has 0 amide bonds. The van der Waals surface area contributed by atoms with Crippen LogP contribution in [0.4, 0.5) is 18.9 Å². The van der Waals surface area contributed by atoms with Crippen LogP contribution < -0.4 is 10.9 Å². The van der Waals surface area contributed by atoms with Crippen molar-refractivity contribution in [2.24, 2.45) is 5.92 Å². The van der Waals surface area contributed by atoms with Crippen LogP contribution in [-0.4, -0.2) is 22.5 Å². The summed E-state index contributed by atoms with van der Waals surface area (Å²) in [7, 11) is 0. The highest BCUT2D eigenvalue weighted by atomic mass is 35.5. The van der Waals surface area contributed by atoms with E-state index in [0.717, 1.165) is 12.6 Å². The fraction of sp³-hybridized carbons (Fsp3) is 0.636. The first-order chi connectivity index (χ1) is 8.74. The molecule has 1 atom stereocenters. The molecule has 0 aromatic carbocycles. The molecule has 1 heterocycles. The zero-order chi connectivity index (χ0) is 14.6. The van der Waals surface area contributed by atoms with Gasteiger partial charge in [-0.2, -0.15) is 18.3 Å². The Morgan fingerprint density at radius 2 is 2.16 bits per heavy atom. The lowest BCUT2D eigenvalue weighted by Crippen LogP contribution is -2.31. The summed E-state index contributed by atoms with van der Waals surface area (Å²) < 4.78 is 36.9. The van der Waals surface area contributed by atoms with Gasteiger partial charge in [0.25, 0.3) is 5.56 Å². The van der Waals surface area contributed by atoms with E-state index >= 15 is 0 Å². The van der Waals surface area contributed by atoms with Crippen LogP contribution in [0.1, 0.15) is 20.3 Å². The Morgan fingerprint density at radius 1 is 1.53 bits per heavy atom. The highest BCUT2D eigenvalue weighted by Gasteiger charge is 2.29. The van der Waals surface area contributed by atoms with Gasteiger partial charge in [0.2, 0.25) is 0 Å². The lowest BCUT2D eigenvalue weighted by atomic mass is 10.1. The minimum absolute atomic E-state index is 0.255. The molecule has 1 rings (SSSR count). The number of aromatic nitrogens is 2. The summed E-state index contributed by atoms with van der Waals surface area (Å²) in [6, 6.07) is 0. The Balaban J connectivity index is 2.89. The van der Waals surface area contributed by atoms with Crippen molar-refractivity contribution in [1.82, 2.24) is 9.78 Å². The van der Waals surface area contributed by atoms with Crippen LogP contribution in [0.25, 0.3) is 0 Å². The molecule has 0 aliphatic carbocycles. The van der Waals surface area contributed by atoms with Crippen molar-refractivity contribution < 1.29 is 13.2 Å². The van der Waals surface area contributed by atoms with Crippen LogP contribution in [0.15, 0.2) is 11.0 Å². The molecule has 0 radical (unpaired) electrons. The number of hydrogen-bond donors (Lipinski definition) is 1. The van der Waals surface area contributed by atoms with Crippen molar-refractivity contribution in [2.45, 2.75) is 33.0 Å². The lowest BCUT2D eigenvalue weighted by molar-refractivity contribution is -0.143. The first-order valence-electron chi connectivity index (χ1n) is 5.80. The summed E-state index contributed by atoms with van der Waals surface area (Å²) in [5.41, 5.74) is -0.696. The number of nitrogens with one attached hydrogen (secondary N) is 1. The fourth-order valence-corrected chi connectivity index (χ4v) is 1.51. The number of halogens is 4. The molecule has 0 aliphatic rings. The molecule has 1 N–H and O–H groups in total. The monoisotopic (exact) mass is 297 g/mol. The SMILES string of the molecule is CCC(C)CNc1cnn(CC(F)(F)F)c(=O)c1Cl. The molecule has 0 fully saturated rings. The molecule has 1 aromatic rings. The minimum atomic E-state index is -4.51. The van der Waals surface area contributed by atoms with Crippen LogP contribution in [0, 0.1) is 5.92 Å². The van der Waals surface area contributed by atoms with Crippen molar-refractivity contribution >= 4 is 17.3 Å². The molecule has 0 saturated heterocycles. The average molecular weight is 298 g/mol. The lowest BCUT2D eigenvalue weighted by Gasteiger charge is -2.13. The van der Waals surface area contributed by atoms with Gasteiger partial charge in [-0.3, -0.25) is 4.79 Å². The van der Waals surface area contributed by atoms with E-state index in [-0.39, 0.29) is 10.7 Å². The third-order valence-corrected chi connectivity index (χ3v) is 3.02. The number of anilines is 1. The number of hydrogen-bond acceptors (Lipinski definition) is 3. The Kier molecular flexibility index (Phi) is 5.22. The van der Waals surface area contributed by atoms with Gasteiger partial charge in [-0.05, 0) is 5.92 Å². The number of rotatable bonds is 5. The summed E-state index contributed by atoms with van der Waals surface area (Å²) in [6.45, 7) is 3.13. The smallest absolute Gasteiger partial charge is 0.382 e. The molecular formula is C11H15ClF3N3O. The Hall–Kier alpha value is -1.24. The maximum atomic E-state index is 12.2. The van der Waals surface area contributed by atoms with Crippen LogP contribution in [0.3, 0.4) is 0 Å². The van der Waals surface area contributed by atoms with E-state index in [0.29, 0.717) is 17.1 Å². The zero-order valence-corrected chi connectivity index (χ0v) is 11.3. The van der Waals surface area contributed by atoms with E-state index in [9.17, 15) is 18.0 Å². The second kappa shape index (κ2) is 6.27. The number of alkyl halides is 3. The molecule has 0 spiro atoms. The standard InChI is InChI=1S/C11H15ClF3N3O/c1-3-7(2)4-16-8-5-17-18(6-11(13,14)15)10(19)9(8)12/h5,7,16H,3-4,6H2,1-2H3. The van der Waals surface area contributed by atoms with Gasteiger partial charge in [-0.1, -0.05) is 31.9 Å². The van der Waals surface area contributed by atoms with Gasteiger partial charge < -0.3 is 5.32 Å². The average Bonchev–Trinajstić information content (AvgIpc) is 2.32. The van der Waals surface area contributed by atoms with Crippen molar-refractivity contribution in [3.05, 3.63) is 21.6 Å². The molecule has 1 aromatic heterocycles. The van der Waals surface area contributed by atoms with Crippen molar-refractivity contribution in [2.75, 3.05) is 11.9 Å². The van der Waals surface area contributed by atoms with E-state index in [4.69, 9.17) is 11.6 Å². The molecule has 1 unspecified atom stereocenters. The van der Waals surface area contributed by atoms with Gasteiger partial charge in [0.15, 0.2) is 0 Å². The summed E-state index contributed by atoms with van der Waals surface area (Å²) in [6.07, 6.45) is -2.44. The topological polar surface area (TPSA) is 46.9 Å². The first kappa shape index (κ1) is 15.8. The van der Waals surface area contributed by atoms with Crippen molar-refractivity contribution in [1.29, 1.82) is 0 Å². The summed E-state index contributed by atoms with van der Waals surface area (Å²) in [5, 5.41) is 6.10. The third kappa shape index (κ3) is 4.74. The molecule has 0 bridgehead atoms. The quantitative estimate of drug-likeness (QED) is 0.909. The van der Waals surface area contributed by atoms with Crippen molar-refractivity contribution in [3.8, 4) is 0 Å². The molecule has 108 valence electrons. The maximum absolute atomic E-state index is 12.2. The predicted molar refractivity (Wildman–Crippen MR) is 67.5 cm³/mol. The Morgan fingerprint density at radius 3 is 2.68 bits per heavy atom. The fourth-order valence-electron chi connectivity index (χ4n) is 1.30. The second-order valence-corrected chi connectivity index (χ2v) is 4.72. The summed E-state index contributed by atoms with van der Waals surface area (Å²) in [5.74, 6) is 0.355. The highest BCUT2D eigenvalue weighted by molar-refractivity contribution is 6.32. The summed E-state index contributed by atoms with van der Waals surface area (Å²) >= 11 is 5.75. The maximum Gasteiger partial charge on any atom is 0.408 e. The van der Waals surface area contributed by atoms with Gasteiger partial charge in [0.05, 0.1) is 11.9 Å². The molecule has 8 heteroatoms. The van der Waals surface area contributed by atoms with Gasteiger partial charge in [-0.15, -0.1) is 0 Å². The second-order valence-electron chi connectivity index (χ2n) is 4.34. The van der Waals surface area contributed by atoms with E-state index in [1.54, 1.807) is 0 Å². The van der Waals surface area contributed by atoms with Gasteiger partial charge in [0, 0.05) is 6.54 Å². The molecule has 19 heavy (non-hydrogen) atoms. The van der Waals surface area contributed by atoms with Crippen LogP contribution >= 0.6 is 11.6 Å². The predicted octanol–water partition coefficient (Wildman–Crippen LogP) is 2.92. The Bertz CT molecular complexity index is 487. The van der Waals surface area contributed by atoms with Gasteiger partial charge >= 0.3 is 6.18 Å². The molecule has 0 saturated carbocycles. The Labute approximate surface area is 113 Å².